The number of allylic oxidation sites excluding steroid dienone is 4. The zero-order valence-electron chi connectivity index (χ0n) is 10.2. The molecule has 0 nitrogen and oxygen atoms in total. The first kappa shape index (κ1) is 12.4. The highest BCUT2D eigenvalue weighted by Gasteiger charge is 2.52. The second-order valence-electron chi connectivity index (χ2n) is 5.76. The van der Waals surface area contributed by atoms with E-state index in [-0.39, 0.29) is 0 Å². The van der Waals surface area contributed by atoms with Crippen molar-refractivity contribution in [3.05, 3.63) is 35.0 Å². The fourth-order valence-corrected chi connectivity index (χ4v) is 4.63. The van der Waals surface area contributed by atoms with Gasteiger partial charge in [0, 0.05) is 0 Å². The van der Waals surface area contributed by atoms with Crippen molar-refractivity contribution < 1.29 is 0 Å². The van der Waals surface area contributed by atoms with Crippen LogP contribution in [-0.2, 0) is 0 Å². The van der Waals surface area contributed by atoms with Crippen molar-refractivity contribution in [2.45, 2.75) is 26.7 Å². The summed E-state index contributed by atoms with van der Waals surface area (Å²) in [5, 5.41) is 0. The van der Waals surface area contributed by atoms with Crippen molar-refractivity contribution >= 4 is 22.6 Å². The normalized spacial score (nSPS) is 41.1. The van der Waals surface area contributed by atoms with Gasteiger partial charge in [0.1, 0.15) is 0 Å². The Kier molecular flexibility index (Phi) is 3.35. The number of fused-ring (bicyclic) bond motifs is 1. The molecule has 0 saturated heterocycles. The molecule has 0 spiro atoms. The van der Waals surface area contributed by atoms with Crippen molar-refractivity contribution in [3.63, 3.8) is 0 Å². The Morgan fingerprint density at radius 2 is 2.06 bits per heavy atom. The molecule has 2 aliphatic rings. The van der Waals surface area contributed by atoms with Crippen LogP contribution in [-0.4, -0.2) is 0 Å². The summed E-state index contributed by atoms with van der Waals surface area (Å²) in [5.74, 6) is 2.80. The van der Waals surface area contributed by atoms with Crippen LogP contribution >= 0.6 is 22.6 Å². The van der Waals surface area contributed by atoms with Gasteiger partial charge in [-0.2, -0.15) is 0 Å². The van der Waals surface area contributed by atoms with E-state index in [1.807, 2.05) is 0 Å². The minimum absolute atomic E-state index is 0.371. The van der Waals surface area contributed by atoms with E-state index >= 15 is 0 Å². The third-order valence-corrected chi connectivity index (χ3v) is 5.67. The van der Waals surface area contributed by atoms with Gasteiger partial charge in [-0.25, -0.2) is 0 Å². The van der Waals surface area contributed by atoms with Gasteiger partial charge < -0.3 is 0 Å². The second-order valence-corrected chi connectivity index (χ2v) is 7.14. The van der Waals surface area contributed by atoms with Crippen LogP contribution in [0.4, 0.5) is 0 Å². The maximum Gasteiger partial charge on any atom is -0.0116 e. The molecule has 1 fully saturated rings. The van der Waals surface area contributed by atoms with Gasteiger partial charge >= 0.3 is 0 Å². The molecule has 0 radical (unpaired) electrons. The molecule has 0 aromatic rings. The van der Waals surface area contributed by atoms with E-state index in [0.29, 0.717) is 17.3 Å². The summed E-state index contributed by atoms with van der Waals surface area (Å²) in [5.41, 5.74) is 0.371. The summed E-state index contributed by atoms with van der Waals surface area (Å²) in [6.45, 7) is 12.9. The Hall–Kier alpha value is -0.0500. The molecule has 1 saturated carbocycles. The summed E-state index contributed by atoms with van der Waals surface area (Å²) in [4.78, 5) is 0. The van der Waals surface area contributed by atoms with E-state index in [4.69, 9.17) is 0 Å². The van der Waals surface area contributed by atoms with Crippen LogP contribution in [0.15, 0.2) is 35.0 Å². The van der Waals surface area contributed by atoms with Crippen LogP contribution in [0.5, 0.6) is 0 Å². The van der Waals surface area contributed by atoms with E-state index < -0.39 is 0 Å². The van der Waals surface area contributed by atoms with Gasteiger partial charge in [0.25, 0.3) is 0 Å². The topological polar surface area (TPSA) is 0 Å². The number of halogens is 1. The summed E-state index contributed by atoms with van der Waals surface area (Å²) in [6, 6.07) is 0. The molecule has 0 aromatic heterocycles. The maximum absolute atomic E-state index is 4.05. The SMILES string of the molecule is C=CC1C2CC=C(I)CC2C(C)(C)C1C=C. The Labute approximate surface area is 113 Å². The van der Waals surface area contributed by atoms with Crippen LogP contribution in [0.2, 0.25) is 0 Å². The molecule has 0 amide bonds. The molecule has 16 heavy (non-hydrogen) atoms. The van der Waals surface area contributed by atoms with Gasteiger partial charge in [-0.3, -0.25) is 0 Å². The van der Waals surface area contributed by atoms with E-state index in [9.17, 15) is 0 Å². The molecule has 88 valence electrons. The molecular formula is C15H21I. The van der Waals surface area contributed by atoms with E-state index in [1.165, 1.54) is 12.8 Å². The summed E-state index contributed by atoms with van der Waals surface area (Å²) < 4.78 is 1.54. The number of rotatable bonds is 2. The highest BCUT2D eigenvalue weighted by molar-refractivity contribution is 14.1. The Morgan fingerprint density at radius 3 is 2.62 bits per heavy atom. The molecule has 0 bridgehead atoms. The fourth-order valence-electron chi connectivity index (χ4n) is 3.90. The third-order valence-electron chi connectivity index (χ3n) is 4.79. The molecule has 0 aromatic carbocycles. The third kappa shape index (κ3) is 1.71. The first-order valence-electron chi connectivity index (χ1n) is 6.12. The lowest BCUT2D eigenvalue weighted by Gasteiger charge is -2.35. The summed E-state index contributed by atoms with van der Waals surface area (Å²) in [6.07, 6.45) is 9.24. The Balaban J connectivity index is 2.38. The average Bonchev–Trinajstić information content (AvgIpc) is 2.46. The lowest BCUT2D eigenvalue weighted by atomic mass is 9.71. The summed E-state index contributed by atoms with van der Waals surface area (Å²) >= 11 is 2.50. The lowest BCUT2D eigenvalue weighted by molar-refractivity contribution is 0.187. The van der Waals surface area contributed by atoms with Crippen molar-refractivity contribution in [3.8, 4) is 0 Å². The molecule has 2 rings (SSSR count). The first-order valence-corrected chi connectivity index (χ1v) is 7.20. The molecule has 0 aliphatic heterocycles. The van der Waals surface area contributed by atoms with Gasteiger partial charge in [-0.1, -0.05) is 32.1 Å². The van der Waals surface area contributed by atoms with Crippen LogP contribution in [0.1, 0.15) is 26.7 Å². The smallest absolute Gasteiger partial charge is 0.0116 e. The predicted molar refractivity (Wildman–Crippen MR) is 79.5 cm³/mol. The van der Waals surface area contributed by atoms with Crippen LogP contribution in [0.3, 0.4) is 0 Å². The molecule has 1 heteroatoms. The molecule has 0 N–H and O–H groups in total. The van der Waals surface area contributed by atoms with E-state index in [2.05, 4.69) is 67.8 Å². The Morgan fingerprint density at radius 1 is 1.38 bits per heavy atom. The fraction of sp³-hybridized carbons (Fsp3) is 0.600. The van der Waals surface area contributed by atoms with Crippen molar-refractivity contribution in [1.29, 1.82) is 0 Å². The van der Waals surface area contributed by atoms with E-state index in [1.54, 1.807) is 3.58 Å². The molecule has 4 unspecified atom stereocenters. The van der Waals surface area contributed by atoms with Crippen LogP contribution in [0.25, 0.3) is 0 Å². The van der Waals surface area contributed by atoms with Crippen LogP contribution < -0.4 is 0 Å². The average molecular weight is 328 g/mol. The largest absolute Gasteiger partial charge is 0.103 e. The highest BCUT2D eigenvalue weighted by Crippen LogP contribution is 2.60. The minimum Gasteiger partial charge on any atom is -0.103 e. The zero-order valence-corrected chi connectivity index (χ0v) is 12.4. The lowest BCUT2D eigenvalue weighted by Crippen LogP contribution is -2.27. The molecular weight excluding hydrogens is 307 g/mol. The van der Waals surface area contributed by atoms with Gasteiger partial charge in [0.2, 0.25) is 0 Å². The number of hydrogen-bond donors (Lipinski definition) is 0. The van der Waals surface area contributed by atoms with Crippen LogP contribution in [0, 0.1) is 29.1 Å². The van der Waals surface area contributed by atoms with Gasteiger partial charge in [0.05, 0.1) is 0 Å². The zero-order chi connectivity index (χ0) is 11.9. The number of hydrogen-bond acceptors (Lipinski definition) is 0. The standard InChI is InChI=1S/C15H21I/c1-5-11-12-8-7-10(16)9-14(12)15(3,4)13(11)6-2/h5-7,11-14H,1-2,8-9H2,3-4H3. The van der Waals surface area contributed by atoms with Crippen molar-refractivity contribution in [2.75, 3.05) is 0 Å². The van der Waals surface area contributed by atoms with Gasteiger partial charge in [-0.15, -0.1) is 13.2 Å². The summed E-state index contributed by atoms with van der Waals surface area (Å²) in [7, 11) is 0. The highest BCUT2D eigenvalue weighted by atomic mass is 127. The second kappa shape index (κ2) is 4.32. The minimum atomic E-state index is 0.371. The van der Waals surface area contributed by atoms with Crippen molar-refractivity contribution in [1.82, 2.24) is 0 Å². The molecule has 4 atom stereocenters. The molecule has 0 heterocycles. The first-order chi connectivity index (χ1) is 7.52. The van der Waals surface area contributed by atoms with E-state index in [0.717, 1.165) is 11.8 Å². The van der Waals surface area contributed by atoms with Crippen molar-refractivity contribution in [2.24, 2.45) is 29.1 Å². The quantitative estimate of drug-likeness (QED) is 0.496. The monoisotopic (exact) mass is 328 g/mol. The Bertz CT molecular complexity index is 337. The predicted octanol–water partition coefficient (Wildman–Crippen LogP) is 4.98. The maximum atomic E-state index is 4.05. The van der Waals surface area contributed by atoms with Gasteiger partial charge in [0.15, 0.2) is 0 Å². The van der Waals surface area contributed by atoms with Gasteiger partial charge in [-0.05, 0) is 68.1 Å². The molecule has 2 aliphatic carbocycles.